The van der Waals surface area contributed by atoms with Gasteiger partial charge in [0.1, 0.15) is 0 Å². The summed E-state index contributed by atoms with van der Waals surface area (Å²) in [4.78, 5) is 16.1. The molecule has 1 aromatic heterocycles. The van der Waals surface area contributed by atoms with Gasteiger partial charge in [0.05, 0.1) is 5.57 Å². The van der Waals surface area contributed by atoms with Gasteiger partial charge in [-0.1, -0.05) is 62.7 Å². The van der Waals surface area contributed by atoms with Crippen LogP contribution in [0.4, 0.5) is 5.69 Å². The van der Waals surface area contributed by atoms with Crippen molar-refractivity contribution in [1.29, 1.82) is 0 Å². The number of hydrogen-bond acceptors (Lipinski definition) is 1. The highest BCUT2D eigenvalue weighted by Gasteiger charge is 2.25. The van der Waals surface area contributed by atoms with Crippen molar-refractivity contribution in [2.24, 2.45) is 0 Å². The monoisotopic (exact) mass is 356 g/mol. The summed E-state index contributed by atoms with van der Waals surface area (Å²) < 4.78 is 0. The number of carbonyl (C=O) groups is 1. The Kier molecular flexibility index (Phi) is 4.68. The van der Waals surface area contributed by atoms with Crippen molar-refractivity contribution >= 4 is 23.2 Å². The minimum absolute atomic E-state index is 0.0368. The van der Waals surface area contributed by atoms with Crippen LogP contribution in [0.2, 0.25) is 0 Å². The van der Waals surface area contributed by atoms with Crippen molar-refractivity contribution in [3.8, 4) is 11.1 Å². The Bertz CT molecular complexity index is 1010. The lowest BCUT2D eigenvalue weighted by Crippen LogP contribution is -2.03. The summed E-state index contributed by atoms with van der Waals surface area (Å²) >= 11 is 0. The fourth-order valence-corrected chi connectivity index (χ4v) is 3.67. The van der Waals surface area contributed by atoms with Gasteiger partial charge in [-0.2, -0.15) is 0 Å². The molecule has 0 fully saturated rings. The molecule has 2 aromatic carbocycles. The number of nitrogens with one attached hydrogen (secondary N) is 2. The van der Waals surface area contributed by atoms with E-state index in [2.05, 4.69) is 54.5 Å². The van der Waals surface area contributed by atoms with E-state index in [1.54, 1.807) is 0 Å². The van der Waals surface area contributed by atoms with Crippen LogP contribution in [0.15, 0.2) is 54.6 Å². The maximum absolute atomic E-state index is 12.6. The van der Waals surface area contributed by atoms with Gasteiger partial charge in [0, 0.05) is 22.6 Å². The Morgan fingerprint density at radius 3 is 2.52 bits per heavy atom. The number of carbonyl (C=O) groups excluding carboxylic acids is 1. The minimum atomic E-state index is -0.0368. The second-order valence-electron chi connectivity index (χ2n) is 6.98. The Morgan fingerprint density at radius 1 is 0.963 bits per heavy atom. The van der Waals surface area contributed by atoms with Crippen molar-refractivity contribution in [3.05, 3.63) is 77.1 Å². The number of aromatic nitrogens is 1. The first-order valence-electron chi connectivity index (χ1n) is 9.63. The number of amides is 1. The molecule has 0 saturated heterocycles. The van der Waals surface area contributed by atoms with E-state index in [1.165, 1.54) is 11.3 Å². The Balaban J connectivity index is 1.74. The van der Waals surface area contributed by atoms with Gasteiger partial charge in [0.25, 0.3) is 5.91 Å². The van der Waals surface area contributed by atoms with Gasteiger partial charge in [0.2, 0.25) is 0 Å². The fourth-order valence-electron chi connectivity index (χ4n) is 3.67. The highest BCUT2D eigenvalue weighted by molar-refractivity contribution is 6.35. The quantitative estimate of drug-likeness (QED) is 0.567. The molecule has 0 bridgehead atoms. The average Bonchev–Trinajstić information content (AvgIpc) is 3.23. The van der Waals surface area contributed by atoms with Gasteiger partial charge < -0.3 is 10.3 Å². The van der Waals surface area contributed by atoms with Crippen LogP contribution in [0.5, 0.6) is 0 Å². The molecule has 3 nitrogen and oxygen atoms in total. The van der Waals surface area contributed by atoms with Crippen molar-refractivity contribution < 1.29 is 4.79 Å². The van der Waals surface area contributed by atoms with Crippen molar-refractivity contribution in [3.63, 3.8) is 0 Å². The molecule has 1 amide bonds. The molecular weight excluding hydrogens is 332 g/mol. The first-order valence-corrected chi connectivity index (χ1v) is 9.63. The summed E-state index contributed by atoms with van der Waals surface area (Å²) in [7, 11) is 0. The largest absolute Gasteiger partial charge is 0.359 e. The Labute approximate surface area is 160 Å². The van der Waals surface area contributed by atoms with Gasteiger partial charge in [-0.3, -0.25) is 4.79 Å². The summed E-state index contributed by atoms with van der Waals surface area (Å²) in [5.74, 6) is -0.0368. The van der Waals surface area contributed by atoms with Crippen LogP contribution in [0, 0.1) is 0 Å². The third-order valence-electron chi connectivity index (χ3n) is 5.09. The van der Waals surface area contributed by atoms with Crippen molar-refractivity contribution in [1.82, 2.24) is 4.98 Å². The average molecular weight is 356 g/mol. The lowest BCUT2D eigenvalue weighted by atomic mass is 9.99. The van der Waals surface area contributed by atoms with Crippen LogP contribution in [0.3, 0.4) is 0 Å². The summed E-state index contributed by atoms with van der Waals surface area (Å²) in [5.41, 5.74) is 8.38. The fraction of sp³-hybridized carbons (Fsp3) is 0.208. The van der Waals surface area contributed by atoms with E-state index in [9.17, 15) is 4.79 Å². The summed E-state index contributed by atoms with van der Waals surface area (Å²) in [6.45, 7) is 4.32. The number of hydrogen-bond donors (Lipinski definition) is 2. The Hall–Kier alpha value is -3.07. The molecule has 0 unspecified atom stereocenters. The maximum Gasteiger partial charge on any atom is 0.256 e. The highest BCUT2D eigenvalue weighted by atomic mass is 16.2. The van der Waals surface area contributed by atoms with Crippen LogP contribution in [-0.4, -0.2) is 10.9 Å². The van der Waals surface area contributed by atoms with E-state index in [1.807, 2.05) is 30.3 Å². The molecule has 3 heteroatoms. The number of aryl methyl sites for hydroxylation is 2. The van der Waals surface area contributed by atoms with Crippen LogP contribution in [0.1, 0.15) is 42.8 Å². The van der Waals surface area contributed by atoms with Crippen LogP contribution < -0.4 is 5.32 Å². The molecular formula is C24H24N2O. The Morgan fingerprint density at radius 2 is 1.78 bits per heavy atom. The smallest absolute Gasteiger partial charge is 0.256 e. The van der Waals surface area contributed by atoms with Gasteiger partial charge in [-0.25, -0.2) is 0 Å². The second-order valence-corrected chi connectivity index (χ2v) is 6.98. The maximum atomic E-state index is 12.6. The van der Waals surface area contributed by atoms with Gasteiger partial charge in [0.15, 0.2) is 0 Å². The number of H-pyrrole nitrogens is 1. The van der Waals surface area contributed by atoms with E-state index < -0.39 is 0 Å². The molecule has 0 aliphatic carbocycles. The summed E-state index contributed by atoms with van der Waals surface area (Å²) in [5, 5.41) is 3.03. The third kappa shape index (κ3) is 3.33. The van der Waals surface area contributed by atoms with E-state index in [0.29, 0.717) is 0 Å². The molecule has 4 rings (SSSR count). The van der Waals surface area contributed by atoms with E-state index in [0.717, 1.165) is 52.9 Å². The number of anilines is 1. The zero-order valence-electron chi connectivity index (χ0n) is 15.8. The van der Waals surface area contributed by atoms with E-state index in [-0.39, 0.29) is 5.91 Å². The topological polar surface area (TPSA) is 44.9 Å². The number of rotatable bonds is 5. The molecule has 136 valence electrons. The molecule has 27 heavy (non-hydrogen) atoms. The van der Waals surface area contributed by atoms with Gasteiger partial charge in [-0.05, 0) is 47.7 Å². The first-order chi connectivity index (χ1) is 13.2. The molecule has 0 radical (unpaired) electrons. The molecule has 1 aliphatic rings. The van der Waals surface area contributed by atoms with Crippen LogP contribution >= 0.6 is 0 Å². The molecule has 2 heterocycles. The molecule has 2 N–H and O–H groups in total. The predicted octanol–water partition coefficient (Wildman–Crippen LogP) is 5.69. The summed E-state index contributed by atoms with van der Waals surface area (Å²) in [6, 6.07) is 18.6. The zero-order valence-corrected chi connectivity index (χ0v) is 15.8. The number of fused-ring (bicyclic) bond motifs is 1. The summed E-state index contributed by atoms with van der Waals surface area (Å²) in [6.07, 6.45) is 5.06. The van der Waals surface area contributed by atoms with Crippen molar-refractivity contribution in [2.75, 3.05) is 5.32 Å². The predicted molar refractivity (Wildman–Crippen MR) is 113 cm³/mol. The number of benzene rings is 2. The van der Waals surface area contributed by atoms with Crippen LogP contribution in [0.25, 0.3) is 22.8 Å². The third-order valence-corrected chi connectivity index (χ3v) is 5.09. The molecule has 0 atom stereocenters. The standard InChI is InChI=1S/C24H24N2O/c1-3-8-18-13-19(4-2)25-22(18)15-21-20-12-11-17(14-23(20)26-24(21)27)16-9-6-5-7-10-16/h5-7,9-15,25H,3-4,8H2,1-2H3,(H,26,27)/b21-15-. The van der Waals surface area contributed by atoms with Crippen LogP contribution in [-0.2, 0) is 17.6 Å². The lowest BCUT2D eigenvalue weighted by Gasteiger charge is -2.05. The number of aromatic amines is 1. The SMILES string of the molecule is CCCc1cc(CC)[nH]c1/C=C1\C(=O)Nc2cc(-c3ccccc3)ccc21. The molecule has 0 saturated carbocycles. The molecule has 1 aliphatic heterocycles. The molecule has 3 aromatic rings. The van der Waals surface area contributed by atoms with E-state index >= 15 is 0 Å². The normalized spacial score (nSPS) is 14.4. The highest BCUT2D eigenvalue weighted by Crippen LogP contribution is 2.36. The van der Waals surface area contributed by atoms with Gasteiger partial charge in [-0.15, -0.1) is 0 Å². The molecule has 0 spiro atoms. The van der Waals surface area contributed by atoms with E-state index in [4.69, 9.17) is 0 Å². The van der Waals surface area contributed by atoms with Gasteiger partial charge >= 0.3 is 0 Å². The first kappa shape index (κ1) is 17.3. The zero-order chi connectivity index (χ0) is 18.8. The minimum Gasteiger partial charge on any atom is -0.359 e. The lowest BCUT2D eigenvalue weighted by molar-refractivity contribution is -0.110. The van der Waals surface area contributed by atoms with Crippen molar-refractivity contribution in [2.45, 2.75) is 33.1 Å². The second kappa shape index (κ2) is 7.28.